The van der Waals surface area contributed by atoms with Crippen molar-refractivity contribution in [2.45, 2.75) is 33.3 Å². The van der Waals surface area contributed by atoms with Crippen molar-refractivity contribution in [3.05, 3.63) is 89.3 Å². The number of hydrogen-bond acceptors (Lipinski definition) is 5. The van der Waals surface area contributed by atoms with Crippen molar-refractivity contribution in [1.82, 2.24) is 0 Å². The Morgan fingerprint density at radius 2 is 1.39 bits per heavy atom. The average molecular weight is 576 g/mol. The predicted molar refractivity (Wildman–Crippen MR) is 129 cm³/mol. The summed E-state index contributed by atoms with van der Waals surface area (Å²) in [6.45, 7) is 7.02. The highest BCUT2D eigenvalue weighted by atomic mass is 79.9. The summed E-state index contributed by atoms with van der Waals surface area (Å²) in [6, 6.07) is 7.61. The van der Waals surface area contributed by atoms with Gasteiger partial charge in [-0.05, 0) is 63.1 Å². The first-order valence-electron chi connectivity index (χ1n) is 10.0. The van der Waals surface area contributed by atoms with Crippen LogP contribution in [0.4, 0.5) is 0 Å². The van der Waals surface area contributed by atoms with Gasteiger partial charge in [0.15, 0.2) is 5.60 Å². The Hall–Kier alpha value is -2.84. The summed E-state index contributed by atoms with van der Waals surface area (Å²) < 4.78 is 7.33. The molecule has 0 radical (unpaired) electrons. The number of carboxylic acids is 1. The normalized spacial score (nSPS) is 14.2. The van der Waals surface area contributed by atoms with Crippen molar-refractivity contribution in [3.8, 4) is 11.5 Å². The van der Waals surface area contributed by atoms with E-state index in [2.05, 4.69) is 31.9 Å². The van der Waals surface area contributed by atoms with Crippen molar-refractivity contribution in [2.24, 2.45) is 0 Å². The average Bonchev–Trinajstić information content (AvgIpc) is 3.08. The Morgan fingerprint density at radius 1 is 0.909 bits per heavy atom. The highest BCUT2D eigenvalue weighted by Gasteiger charge is 2.54. The molecule has 33 heavy (non-hydrogen) atoms. The standard InChI is InChI=1S/C25H20Br2O6/c1-10-8-16(21(28)12(3)19(10)26)25(17-9-11(2)20(27)13(4)22(17)29)18-14(23(30)31)6-5-7-15(18)24(32)33-25/h5-9,28-29H,1-4H3,(H,30,31). The zero-order chi connectivity index (χ0) is 24.4. The fraction of sp³-hybridized carbons (Fsp3) is 0.200. The molecule has 4 rings (SSSR count). The van der Waals surface area contributed by atoms with Crippen LogP contribution in [0.5, 0.6) is 11.5 Å². The highest BCUT2D eigenvalue weighted by Crippen LogP contribution is 2.55. The molecule has 3 N–H and O–H groups in total. The number of carbonyl (C=O) groups is 2. The minimum absolute atomic E-state index is 0.0603. The van der Waals surface area contributed by atoms with Gasteiger partial charge < -0.3 is 20.1 Å². The van der Waals surface area contributed by atoms with Crippen molar-refractivity contribution in [1.29, 1.82) is 0 Å². The molecule has 0 saturated carbocycles. The van der Waals surface area contributed by atoms with Gasteiger partial charge in [-0.1, -0.05) is 37.9 Å². The maximum absolute atomic E-state index is 13.1. The van der Waals surface area contributed by atoms with Gasteiger partial charge in [-0.3, -0.25) is 0 Å². The number of carboxylic acid groups (broad SMARTS) is 1. The number of benzene rings is 3. The largest absolute Gasteiger partial charge is 0.507 e. The third kappa shape index (κ3) is 3.19. The Kier molecular flexibility index (Phi) is 5.57. The highest BCUT2D eigenvalue weighted by molar-refractivity contribution is 9.10. The number of carbonyl (C=O) groups excluding carboxylic acids is 1. The maximum Gasteiger partial charge on any atom is 0.340 e. The zero-order valence-corrected chi connectivity index (χ0v) is 21.4. The molecule has 170 valence electrons. The fourth-order valence-corrected chi connectivity index (χ4v) is 5.09. The first-order valence-corrected chi connectivity index (χ1v) is 11.6. The molecule has 0 aromatic heterocycles. The first-order chi connectivity index (χ1) is 15.4. The molecule has 0 unspecified atom stereocenters. The molecule has 3 aromatic carbocycles. The van der Waals surface area contributed by atoms with Crippen LogP contribution in [0.15, 0.2) is 39.3 Å². The molecular weight excluding hydrogens is 556 g/mol. The number of cyclic esters (lactones) is 1. The van der Waals surface area contributed by atoms with Crippen LogP contribution in [-0.4, -0.2) is 27.3 Å². The Labute approximate surface area is 207 Å². The van der Waals surface area contributed by atoms with Crippen LogP contribution < -0.4 is 0 Å². The molecule has 1 aliphatic heterocycles. The second kappa shape index (κ2) is 7.88. The summed E-state index contributed by atoms with van der Waals surface area (Å²) in [5.74, 6) is -2.36. The molecule has 0 bridgehead atoms. The number of ether oxygens (including phenoxy) is 1. The summed E-state index contributed by atoms with van der Waals surface area (Å²) in [5.41, 5.74) is 0.870. The lowest BCUT2D eigenvalue weighted by molar-refractivity contribution is 0.0233. The van der Waals surface area contributed by atoms with Crippen molar-refractivity contribution in [3.63, 3.8) is 0 Å². The topological polar surface area (TPSA) is 104 Å². The van der Waals surface area contributed by atoms with E-state index in [1.807, 2.05) is 13.8 Å². The number of phenolic OH excluding ortho intramolecular Hbond substituents is 2. The molecule has 6 nitrogen and oxygen atoms in total. The molecule has 8 heteroatoms. The Morgan fingerprint density at radius 3 is 1.85 bits per heavy atom. The van der Waals surface area contributed by atoms with Crippen LogP contribution in [-0.2, 0) is 10.3 Å². The second-order valence-corrected chi connectivity index (χ2v) is 9.75. The van der Waals surface area contributed by atoms with E-state index in [1.54, 1.807) is 26.0 Å². The van der Waals surface area contributed by atoms with E-state index in [4.69, 9.17) is 4.74 Å². The van der Waals surface area contributed by atoms with Gasteiger partial charge >= 0.3 is 11.9 Å². The van der Waals surface area contributed by atoms with Crippen LogP contribution in [0.3, 0.4) is 0 Å². The molecule has 3 aromatic rings. The van der Waals surface area contributed by atoms with Gasteiger partial charge in [0, 0.05) is 36.8 Å². The number of fused-ring (bicyclic) bond motifs is 1. The lowest BCUT2D eigenvalue weighted by Crippen LogP contribution is -2.32. The van der Waals surface area contributed by atoms with Crippen molar-refractivity contribution < 1.29 is 29.6 Å². The van der Waals surface area contributed by atoms with Gasteiger partial charge in [0.25, 0.3) is 0 Å². The lowest BCUT2D eigenvalue weighted by Gasteiger charge is -2.34. The summed E-state index contributed by atoms with van der Waals surface area (Å²) in [7, 11) is 0. The van der Waals surface area contributed by atoms with E-state index in [1.165, 1.54) is 18.2 Å². The second-order valence-electron chi connectivity index (χ2n) is 8.16. The third-order valence-corrected chi connectivity index (χ3v) is 8.60. The number of esters is 1. The van der Waals surface area contributed by atoms with Crippen molar-refractivity contribution >= 4 is 43.8 Å². The van der Waals surface area contributed by atoms with Gasteiger partial charge in [0.1, 0.15) is 11.5 Å². The van der Waals surface area contributed by atoms with Gasteiger partial charge in [-0.2, -0.15) is 0 Å². The summed E-state index contributed by atoms with van der Waals surface area (Å²) >= 11 is 6.92. The smallest absolute Gasteiger partial charge is 0.340 e. The summed E-state index contributed by atoms with van der Waals surface area (Å²) in [6.07, 6.45) is 0. The monoisotopic (exact) mass is 574 g/mol. The van der Waals surface area contributed by atoms with Gasteiger partial charge in [-0.25, -0.2) is 9.59 Å². The van der Waals surface area contributed by atoms with E-state index < -0.39 is 17.5 Å². The maximum atomic E-state index is 13.1. The number of halogens is 2. The van der Waals surface area contributed by atoms with Crippen LogP contribution in [0.25, 0.3) is 0 Å². The van der Waals surface area contributed by atoms with Crippen molar-refractivity contribution in [2.75, 3.05) is 0 Å². The fourth-order valence-electron chi connectivity index (χ4n) is 4.49. The van der Waals surface area contributed by atoms with E-state index in [9.17, 15) is 24.9 Å². The minimum Gasteiger partial charge on any atom is -0.507 e. The summed E-state index contributed by atoms with van der Waals surface area (Å²) in [5, 5.41) is 32.5. The van der Waals surface area contributed by atoms with Crippen LogP contribution >= 0.6 is 31.9 Å². The molecular formula is C25H20Br2O6. The number of rotatable bonds is 3. The molecule has 0 fully saturated rings. The molecule has 1 aliphatic rings. The molecule has 0 atom stereocenters. The number of aromatic carboxylic acids is 1. The molecule has 0 saturated heterocycles. The Balaban J connectivity index is 2.29. The SMILES string of the molecule is Cc1cc(C2(c3cc(C)c(Br)c(C)c3O)OC(=O)c3cccc(C(=O)O)c32)c(O)c(C)c1Br. The Bertz CT molecular complexity index is 1310. The third-order valence-electron chi connectivity index (χ3n) is 6.16. The predicted octanol–water partition coefficient (Wildman–Crippen LogP) is 6.02. The van der Waals surface area contributed by atoms with E-state index in [0.717, 1.165) is 11.1 Å². The number of phenols is 2. The number of aromatic hydroxyl groups is 2. The van der Waals surface area contributed by atoms with Gasteiger partial charge in [0.2, 0.25) is 0 Å². The zero-order valence-electron chi connectivity index (χ0n) is 18.2. The lowest BCUT2D eigenvalue weighted by atomic mass is 9.75. The van der Waals surface area contributed by atoms with E-state index in [-0.39, 0.29) is 39.3 Å². The molecule has 0 spiro atoms. The van der Waals surface area contributed by atoms with Crippen LogP contribution in [0, 0.1) is 27.7 Å². The van der Waals surface area contributed by atoms with Crippen LogP contribution in [0.1, 0.15) is 59.7 Å². The number of aryl methyl sites for hydroxylation is 2. The molecule has 0 amide bonds. The van der Waals surface area contributed by atoms with E-state index >= 15 is 0 Å². The molecule has 1 heterocycles. The minimum atomic E-state index is -1.89. The first kappa shape index (κ1) is 23.3. The quantitative estimate of drug-likeness (QED) is 0.330. The number of hydrogen-bond donors (Lipinski definition) is 3. The van der Waals surface area contributed by atoms with Gasteiger partial charge in [-0.15, -0.1) is 0 Å². The van der Waals surface area contributed by atoms with E-state index in [0.29, 0.717) is 20.1 Å². The molecule has 0 aliphatic carbocycles. The summed E-state index contributed by atoms with van der Waals surface area (Å²) in [4.78, 5) is 25.4. The van der Waals surface area contributed by atoms with Gasteiger partial charge in [0.05, 0.1) is 11.1 Å². The van der Waals surface area contributed by atoms with Crippen LogP contribution in [0.2, 0.25) is 0 Å².